The van der Waals surface area contributed by atoms with E-state index in [-0.39, 0.29) is 5.91 Å². The Morgan fingerprint density at radius 3 is 2.77 bits per heavy atom. The van der Waals surface area contributed by atoms with Crippen LogP contribution in [0.5, 0.6) is 5.75 Å². The monoisotopic (exact) mass is 399 g/mol. The van der Waals surface area contributed by atoms with E-state index in [1.54, 1.807) is 30.7 Å². The van der Waals surface area contributed by atoms with Gasteiger partial charge in [0.25, 0.3) is 5.91 Å². The lowest BCUT2D eigenvalue weighted by molar-refractivity contribution is 0.0991. The largest absolute Gasteiger partial charge is 0.497 e. The predicted molar refractivity (Wildman–Crippen MR) is 109 cm³/mol. The van der Waals surface area contributed by atoms with Crippen LogP contribution in [0.25, 0.3) is 10.2 Å². The van der Waals surface area contributed by atoms with E-state index >= 15 is 0 Å². The number of hydrogen-bond acceptors (Lipinski definition) is 7. The van der Waals surface area contributed by atoms with Crippen LogP contribution in [0.3, 0.4) is 0 Å². The summed E-state index contributed by atoms with van der Waals surface area (Å²) in [6.07, 6.45) is 1.68. The van der Waals surface area contributed by atoms with Gasteiger partial charge in [-0.1, -0.05) is 23.5 Å². The number of nitrogens with zero attached hydrogens (tertiary/aromatic N) is 3. The summed E-state index contributed by atoms with van der Waals surface area (Å²) < 4.78 is 6.21. The smallest absolute Gasteiger partial charge is 0.290 e. The van der Waals surface area contributed by atoms with Crippen LogP contribution in [0.4, 0.5) is 5.13 Å². The molecule has 1 amide bonds. The van der Waals surface area contributed by atoms with Gasteiger partial charge in [-0.2, -0.15) is 10.1 Å². The van der Waals surface area contributed by atoms with Gasteiger partial charge in [-0.15, -0.1) is 22.7 Å². The number of anilines is 1. The van der Waals surface area contributed by atoms with Crippen LogP contribution >= 0.6 is 34.0 Å². The van der Waals surface area contributed by atoms with Crippen LogP contribution in [-0.4, -0.2) is 24.2 Å². The molecule has 0 saturated carbocycles. The van der Waals surface area contributed by atoms with Crippen LogP contribution in [0.2, 0.25) is 0 Å². The molecule has 0 unspecified atom stereocenters. The summed E-state index contributed by atoms with van der Waals surface area (Å²) in [6, 6.07) is 13.2. The molecule has 0 aliphatic heterocycles. The highest BCUT2D eigenvalue weighted by Gasteiger charge is 2.22. The number of carbonyl (C=O) groups excluding carboxylic acids is 1. The summed E-state index contributed by atoms with van der Waals surface area (Å²) >= 11 is 4.35. The number of aromatic nitrogens is 1. The second kappa shape index (κ2) is 7.36. The quantitative estimate of drug-likeness (QED) is 0.346. The molecule has 0 spiro atoms. The Hall–Kier alpha value is -2.55. The molecule has 1 aromatic carbocycles. The molecular formula is C18H13N3O2S3. The first-order valence-corrected chi connectivity index (χ1v) is 10.2. The first-order valence-electron chi connectivity index (χ1n) is 7.64. The van der Waals surface area contributed by atoms with Crippen LogP contribution in [0.15, 0.2) is 58.3 Å². The van der Waals surface area contributed by atoms with E-state index in [1.165, 1.54) is 27.7 Å². The Morgan fingerprint density at radius 1 is 1.19 bits per heavy atom. The first kappa shape index (κ1) is 16.9. The van der Waals surface area contributed by atoms with Crippen molar-refractivity contribution in [3.05, 3.63) is 63.0 Å². The van der Waals surface area contributed by atoms with Gasteiger partial charge in [-0.25, -0.2) is 4.98 Å². The Kier molecular flexibility index (Phi) is 4.79. The molecule has 0 atom stereocenters. The van der Waals surface area contributed by atoms with E-state index < -0.39 is 0 Å². The van der Waals surface area contributed by atoms with Gasteiger partial charge in [-0.3, -0.25) is 4.79 Å². The number of hydrazone groups is 1. The van der Waals surface area contributed by atoms with Gasteiger partial charge in [0.05, 0.1) is 28.4 Å². The fraction of sp³-hybridized carbons (Fsp3) is 0.0556. The number of thiazole rings is 1. The molecule has 4 aromatic rings. The molecule has 0 radical (unpaired) electrons. The molecule has 8 heteroatoms. The van der Waals surface area contributed by atoms with E-state index in [0.29, 0.717) is 10.0 Å². The summed E-state index contributed by atoms with van der Waals surface area (Å²) in [4.78, 5) is 19.1. The number of ether oxygens (including phenoxy) is 1. The van der Waals surface area contributed by atoms with Crippen molar-refractivity contribution in [3.8, 4) is 5.75 Å². The van der Waals surface area contributed by atoms with E-state index in [1.807, 2.05) is 47.2 Å². The molecule has 3 aromatic heterocycles. The zero-order valence-electron chi connectivity index (χ0n) is 13.7. The third kappa shape index (κ3) is 3.39. The Bertz CT molecular complexity index is 1050. The zero-order valence-corrected chi connectivity index (χ0v) is 16.1. The molecule has 3 heterocycles. The first-order chi connectivity index (χ1) is 12.7. The minimum absolute atomic E-state index is 0.196. The van der Waals surface area contributed by atoms with Crippen molar-refractivity contribution in [2.45, 2.75) is 0 Å². The third-order valence-electron chi connectivity index (χ3n) is 3.53. The number of benzene rings is 1. The van der Waals surface area contributed by atoms with Crippen LogP contribution < -0.4 is 9.75 Å². The molecule has 0 saturated heterocycles. The van der Waals surface area contributed by atoms with E-state index in [9.17, 15) is 4.79 Å². The number of fused-ring (bicyclic) bond motifs is 1. The number of carbonyl (C=O) groups is 1. The summed E-state index contributed by atoms with van der Waals surface area (Å²) in [5.74, 6) is 0.560. The Labute approximate surface area is 161 Å². The van der Waals surface area contributed by atoms with Crippen molar-refractivity contribution in [2.24, 2.45) is 5.10 Å². The van der Waals surface area contributed by atoms with E-state index in [4.69, 9.17) is 4.74 Å². The lowest BCUT2D eigenvalue weighted by atomic mass is 10.3. The highest BCUT2D eigenvalue weighted by atomic mass is 32.1. The van der Waals surface area contributed by atoms with E-state index in [0.717, 1.165) is 20.8 Å². The van der Waals surface area contributed by atoms with Crippen molar-refractivity contribution in [3.63, 3.8) is 0 Å². The van der Waals surface area contributed by atoms with Crippen molar-refractivity contribution < 1.29 is 9.53 Å². The molecular weight excluding hydrogens is 386 g/mol. The topological polar surface area (TPSA) is 54.8 Å². The van der Waals surface area contributed by atoms with Crippen molar-refractivity contribution in [1.82, 2.24) is 4.98 Å². The fourth-order valence-electron chi connectivity index (χ4n) is 2.28. The molecule has 130 valence electrons. The van der Waals surface area contributed by atoms with Gasteiger partial charge in [0.15, 0.2) is 0 Å². The maximum absolute atomic E-state index is 12.9. The van der Waals surface area contributed by atoms with Gasteiger partial charge in [0.2, 0.25) is 5.13 Å². The summed E-state index contributed by atoms with van der Waals surface area (Å²) in [5, 5.41) is 10.2. The summed E-state index contributed by atoms with van der Waals surface area (Å²) in [7, 11) is 1.63. The molecule has 0 fully saturated rings. The van der Waals surface area contributed by atoms with Crippen molar-refractivity contribution in [1.29, 1.82) is 0 Å². The zero-order chi connectivity index (χ0) is 17.9. The van der Waals surface area contributed by atoms with Crippen LogP contribution in [0.1, 0.15) is 14.5 Å². The van der Waals surface area contributed by atoms with Gasteiger partial charge >= 0.3 is 0 Å². The van der Waals surface area contributed by atoms with Gasteiger partial charge in [0, 0.05) is 4.88 Å². The second-order valence-electron chi connectivity index (χ2n) is 5.18. The highest BCUT2D eigenvalue weighted by molar-refractivity contribution is 7.22. The van der Waals surface area contributed by atoms with Gasteiger partial charge in [0.1, 0.15) is 5.75 Å². The average molecular weight is 400 g/mol. The predicted octanol–water partition coefficient (Wildman–Crippen LogP) is 5.11. The molecule has 4 rings (SSSR count). The standard InChI is InChI=1S/C18H13N3O2S3/c1-23-12-6-7-14-16(10-12)26-18(20-14)21(17(22)15-5-3-9-25-15)19-11-13-4-2-8-24-13/h2-11H,1H3/b19-11+. The molecule has 0 aliphatic carbocycles. The number of rotatable bonds is 5. The Morgan fingerprint density at radius 2 is 2.04 bits per heavy atom. The molecule has 26 heavy (non-hydrogen) atoms. The van der Waals surface area contributed by atoms with Crippen molar-refractivity contribution >= 4 is 61.5 Å². The highest BCUT2D eigenvalue weighted by Crippen LogP contribution is 2.32. The number of amides is 1. The van der Waals surface area contributed by atoms with Crippen LogP contribution in [-0.2, 0) is 0 Å². The molecule has 0 aliphatic rings. The van der Waals surface area contributed by atoms with Gasteiger partial charge < -0.3 is 4.74 Å². The number of hydrogen-bond donors (Lipinski definition) is 0. The molecule has 0 N–H and O–H groups in total. The third-order valence-corrected chi connectivity index (χ3v) is 6.19. The summed E-state index contributed by atoms with van der Waals surface area (Å²) in [6.45, 7) is 0. The molecule has 0 bridgehead atoms. The van der Waals surface area contributed by atoms with E-state index in [2.05, 4.69) is 10.1 Å². The normalized spacial score (nSPS) is 11.3. The van der Waals surface area contributed by atoms with Crippen molar-refractivity contribution in [2.75, 3.05) is 12.1 Å². The average Bonchev–Trinajstić information content (AvgIpc) is 3.41. The second-order valence-corrected chi connectivity index (χ2v) is 8.12. The minimum atomic E-state index is -0.196. The fourth-order valence-corrected chi connectivity index (χ4v) is 4.46. The minimum Gasteiger partial charge on any atom is -0.497 e. The van der Waals surface area contributed by atoms with Gasteiger partial charge in [-0.05, 0) is 41.1 Å². The molecule has 5 nitrogen and oxygen atoms in total. The maximum Gasteiger partial charge on any atom is 0.290 e. The SMILES string of the molecule is COc1ccc2nc(N(/N=C/c3cccs3)C(=O)c3cccs3)sc2c1. The summed E-state index contributed by atoms with van der Waals surface area (Å²) in [5.41, 5.74) is 0.807. The lowest BCUT2D eigenvalue weighted by Crippen LogP contribution is -2.24. The Balaban J connectivity index is 1.75. The number of thiophene rings is 2. The van der Waals surface area contributed by atoms with Crippen LogP contribution in [0, 0.1) is 0 Å². The lowest BCUT2D eigenvalue weighted by Gasteiger charge is -2.12. The number of methoxy groups -OCH3 is 1. The maximum atomic E-state index is 12.9.